The van der Waals surface area contributed by atoms with E-state index in [4.69, 9.17) is 5.73 Å². The third-order valence-corrected chi connectivity index (χ3v) is 1.16. The molecule has 10 heavy (non-hydrogen) atoms. The van der Waals surface area contributed by atoms with Crippen molar-refractivity contribution in [1.29, 1.82) is 0 Å². The van der Waals surface area contributed by atoms with E-state index in [0.717, 1.165) is 0 Å². The van der Waals surface area contributed by atoms with Crippen LogP contribution in [0.15, 0.2) is 0 Å². The molecular weight excluding hydrogens is 132 g/mol. The average Bonchev–Trinajstić information content (AvgIpc) is 2.34. The summed E-state index contributed by atoms with van der Waals surface area (Å²) in [5, 5.41) is 9.35. The molecule has 0 aliphatic rings. The Hall–Kier alpha value is -1.39. The van der Waals surface area contributed by atoms with E-state index in [0.29, 0.717) is 6.42 Å². The minimum Gasteiger partial charge on any atom is -0.380 e. The third-order valence-electron chi connectivity index (χ3n) is 1.16. The molecule has 0 radical (unpaired) electrons. The summed E-state index contributed by atoms with van der Waals surface area (Å²) in [5.41, 5.74) is 5.53. The lowest BCUT2D eigenvalue weighted by Gasteiger charge is -1.88. The topological polar surface area (TPSA) is 84.7 Å². The zero-order valence-electron chi connectivity index (χ0n) is 5.59. The van der Waals surface area contributed by atoms with E-state index >= 15 is 0 Å². The van der Waals surface area contributed by atoms with Crippen LogP contribution in [0.1, 0.15) is 23.8 Å². The Labute approximate surface area is 57.6 Å². The second kappa shape index (κ2) is 2.47. The molecule has 1 aromatic rings. The molecule has 0 spiro atoms. The quantitative estimate of drug-likeness (QED) is 0.565. The zero-order chi connectivity index (χ0) is 7.56. The summed E-state index contributed by atoms with van der Waals surface area (Å²) in [5.74, 6) is 0.0816. The first kappa shape index (κ1) is 6.73. The van der Waals surface area contributed by atoms with Crippen LogP contribution in [-0.4, -0.2) is 21.2 Å². The standard InChI is InChI=1S/C5H8N4O/c1-2-3(10)4-5(6)8-9-7-4/h2H2,1H3,(H3,6,7,8,9). The second-order valence-electron chi connectivity index (χ2n) is 1.83. The van der Waals surface area contributed by atoms with Crippen LogP contribution in [-0.2, 0) is 0 Å². The smallest absolute Gasteiger partial charge is 0.186 e. The summed E-state index contributed by atoms with van der Waals surface area (Å²) >= 11 is 0. The molecule has 3 N–H and O–H groups in total. The number of nitrogen functional groups attached to an aromatic ring is 1. The van der Waals surface area contributed by atoms with Crippen LogP contribution in [0.3, 0.4) is 0 Å². The molecule has 5 nitrogen and oxygen atoms in total. The minimum atomic E-state index is -0.0914. The number of aromatic amines is 1. The Morgan fingerprint density at radius 2 is 2.40 bits per heavy atom. The number of anilines is 1. The van der Waals surface area contributed by atoms with Crippen LogP contribution < -0.4 is 5.73 Å². The Morgan fingerprint density at radius 3 is 2.80 bits per heavy atom. The van der Waals surface area contributed by atoms with Gasteiger partial charge in [0.25, 0.3) is 0 Å². The molecule has 0 saturated carbocycles. The average molecular weight is 140 g/mol. The lowest BCUT2D eigenvalue weighted by Crippen LogP contribution is -2.01. The van der Waals surface area contributed by atoms with Gasteiger partial charge < -0.3 is 5.73 Å². The normalized spacial score (nSPS) is 9.70. The van der Waals surface area contributed by atoms with Crippen molar-refractivity contribution in [2.45, 2.75) is 13.3 Å². The molecule has 1 heterocycles. The number of aromatic nitrogens is 3. The predicted octanol–water partition coefficient (Wildman–Crippen LogP) is -0.0204. The number of ketones is 1. The lowest BCUT2D eigenvalue weighted by molar-refractivity contribution is 0.0984. The number of nitrogens with zero attached hydrogens (tertiary/aromatic N) is 2. The number of H-pyrrole nitrogens is 1. The number of rotatable bonds is 2. The Kier molecular flexibility index (Phi) is 1.66. The van der Waals surface area contributed by atoms with Gasteiger partial charge in [-0.15, -0.1) is 5.10 Å². The maximum atomic E-state index is 10.9. The van der Waals surface area contributed by atoms with Gasteiger partial charge in [-0.3, -0.25) is 4.79 Å². The SMILES string of the molecule is CCC(=O)c1n[nH]nc1N. The highest BCUT2D eigenvalue weighted by molar-refractivity contribution is 5.97. The number of hydrogen-bond donors (Lipinski definition) is 2. The first-order valence-corrected chi connectivity index (χ1v) is 2.95. The van der Waals surface area contributed by atoms with Crippen molar-refractivity contribution >= 4 is 11.6 Å². The van der Waals surface area contributed by atoms with Gasteiger partial charge in [-0.05, 0) is 0 Å². The molecule has 0 aliphatic carbocycles. The molecule has 1 rings (SSSR count). The van der Waals surface area contributed by atoms with E-state index < -0.39 is 0 Å². The highest BCUT2D eigenvalue weighted by atomic mass is 16.1. The van der Waals surface area contributed by atoms with Crippen molar-refractivity contribution in [3.8, 4) is 0 Å². The number of hydrogen-bond acceptors (Lipinski definition) is 4. The Bertz CT molecular complexity index is 242. The van der Waals surface area contributed by atoms with Gasteiger partial charge in [-0.25, -0.2) is 0 Å². The molecule has 54 valence electrons. The van der Waals surface area contributed by atoms with Crippen LogP contribution in [0.5, 0.6) is 0 Å². The number of carbonyl (C=O) groups excluding carboxylic acids is 1. The van der Waals surface area contributed by atoms with E-state index in [1.54, 1.807) is 6.92 Å². The summed E-state index contributed by atoms with van der Waals surface area (Å²) < 4.78 is 0. The molecule has 0 bridgehead atoms. The minimum absolute atomic E-state index is 0.0914. The van der Waals surface area contributed by atoms with Gasteiger partial charge in [0.1, 0.15) is 0 Å². The molecular formula is C5H8N4O. The largest absolute Gasteiger partial charge is 0.380 e. The first-order valence-electron chi connectivity index (χ1n) is 2.95. The van der Waals surface area contributed by atoms with Crippen molar-refractivity contribution in [2.75, 3.05) is 5.73 Å². The summed E-state index contributed by atoms with van der Waals surface area (Å²) in [6.45, 7) is 1.75. The molecule has 0 atom stereocenters. The highest BCUT2D eigenvalue weighted by Crippen LogP contribution is 2.04. The van der Waals surface area contributed by atoms with Crippen molar-refractivity contribution in [2.24, 2.45) is 0 Å². The molecule has 0 saturated heterocycles. The maximum Gasteiger partial charge on any atom is 0.186 e. The van der Waals surface area contributed by atoms with Gasteiger partial charge in [0, 0.05) is 6.42 Å². The fourth-order valence-electron chi connectivity index (χ4n) is 0.612. The van der Waals surface area contributed by atoms with Gasteiger partial charge in [-0.2, -0.15) is 10.3 Å². The molecule has 0 aromatic carbocycles. The van der Waals surface area contributed by atoms with Gasteiger partial charge in [-0.1, -0.05) is 6.92 Å². The summed E-state index contributed by atoms with van der Waals surface area (Å²) in [4.78, 5) is 10.9. The Balaban J connectivity index is 2.93. The fraction of sp³-hybridized carbons (Fsp3) is 0.400. The van der Waals surface area contributed by atoms with E-state index in [2.05, 4.69) is 15.4 Å². The predicted molar refractivity (Wildman–Crippen MR) is 35.4 cm³/mol. The summed E-state index contributed by atoms with van der Waals surface area (Å²) in [7, 11) is 0. The first-order chi connectivity index (χ1) is 4.75. The van der Waals surface area contributed by atoms with Crippen molar-refractivity contribution in [3.63, 3.8) is 0 Å². The summed E-state index contributed by atoms with van der Waals surface area (Å²) in [6.07, 6.45) is 0.400. The van der Waals surface area contributed by atoms with Gasteiger partial charge in [0.15, 0.2) is 17.3 Å². The van der Waals surface area contributed by atoms with Crippen molar-refractivity contribution < 1.29 is 4.79 Å². The molecule has 0 unspecified atom stereocenters. The molecule has 0 amide bonds. The highest BCUT2D eigenvalue weighted by Gasteiger charge is 2.10. The van der Waals surface area contributed by atoms with E-state index in [9.17, 15) is 4.79 Å². The number of carbonyl (C=O) groups is 1. The fourth-order valence-corrected chi connectivity index (χ4v) is 0.612. The van der Waals surface area contributed by atoms with Crippen LogP contribution >= 0.6 is 0 Å². The van der Waals surface area contributed by atoms with E-state index in [-0.39, 0.29) is 17.3 Å². The molecule has 0 fully saturated rings. The van der Waals surface area contributed by atoms with Crippen LogP contribution in [0.2, 0.25) is 0 Å². The third kappa shape index (κ3) is 0.975. The number of nitrogens with one attached hydrogen (secondary N) is 1. The number of Topliss-reactive ketones (excluding diaryl/α,β-unsaturated/α-hetero) is 1. The van der Waals surface area contributed by atoms with E-state index in [1.807, 2.05) is 0 Å². The Morgan fingerprint density at radius 1 is 1.70 bits per heavy atom. The summed E-state index contributed by atoms with van der Waals surface area (Å²) in [6, 6.07) is 0. The maximum absolute atomic E-state index is 10.9. The zero-order valence-corrected chi connectivity index (χ0v) is 5.59. The van der Waals surface area contributed by atoms with Crippen molar-refractivity contribution in [3.05, 3.63) is 5.69 Å². The van der Waals surface area contributed by atoms with Crippen LogP contribution in [0.25, 0.3) is 0 Å². The van der Waals surface area contributed by atoms with Crippen LogP contribution in [0, 0.1) is 0 Å². The van der Waals surface area contributed by atoms with Gasteiger partial charge >= 0.3 is 0 Å². The lowest BCUT2D eigenvalue weighted by atomic mass is 10.2. The van der Waals surface area contributed by atoms with Gasteiger partial charge in [0.05, 0.1) is 0 Å². The molecule has 0 aliphatic heterocycles. The second-order valence-corrected chi connectivity index (χ2v) is 1.83. The molecule has 1 aromatic heterocycles. The number of nitrogens with two attached hydrogens (primary N) is 1. The van der Waals surface area contributed by atoms with Crippen molar-refractivity contribution in [1.82, 2.24) is 15.4 Å². The molecule has 5 heteroatoms. The van der Waals surface area contributed by atoms with E-state index in [1.165, 1.54) is 0 Å². The van der Waals surface area contributed by atoms with Crippen LogP contribution in [0.4, 0.5) is 5.82 Å². The monoisotopic (exact) mass is 140 g/mol. The van der Waals surface area contributed by atoms with Gasteiger partial charge in [0.2, 0.25) is 0 Å².